The van der Waals surface area contributed by atoms with E-state index < -0.39 is 0 Å². The van der Waals surface area contributed by atoms with Gasteiger partial charge >= 0.3 is 0 Å². The Bertz CT molecular complexity index is 820. The fraction of sp³-hybridized carbons (Fsp3) is 0.381. The largest absolute Gasteiger partial charge is 0.388 e. The van der Waals surface area contributed by atoms with Crippen LogP contribution in [0.4, 0.5) is 0 Å². The Morgan fingerprint density at radius 1 is 0.960 bits per heavy atom. The van der Waals surface area contributed by atoms with Gasteiger partial charge in [-0.1, -0.05) is 42.5 Å². The summed E-state index contributed by atoms with van der Waals surface area (Å²) >= 11 is 0. The van der Waals surface area contributed by atoms with Crippen LogP contribution < -0.4 is 0 Å². The van der Waals surface area contributed by atoms with Gasteiger partial charge in [0.05, 0.1) is 11.0 Å². The van der Waals surface area contributed by atoms with E-state index in [9.17, 15) is 5.11 Å². The molecule has 1 aliphatic heterocycles. The van der Waals surface area contributed by atoms with Gasteiger partial charge in [0.2, 0.25) is 0 Å². The summed E-state index contributed by atoms with van der Waals surface area (Å²) in [6, 6.07) is 18.9. The van der Waals surface area contributed by atoms with Crippen LogP contribution in [0.15, 0.2) is 54.6 Å². The summed E-state index contributed by atoms with van der Waals surface area (Å²) in [5.74, 6) is 1.43. The minimum Gasteiger partial charge on any atom is -0.388 e. The first-order chi connectivity index (χ1) is 12.3. The van der Waals surface area contributed by atoms with Crippen molar-refractivity contribution >= 4 is 11.0 Å². The number of piperidine rings is 1. The Hall–Kier alpha value is -2.17. The number of rotatable bonds is 5. The topological polar surface area (TPSA) is 41.3 Å². The number of hydrogen-bond donors (Lipinski definition) is 1. The van der Waals surface area contributed by atoms with Gasteiger partial charge in [-0.15, -0.1) is 0 Å². The first-order valence-corrected chi connectivity index (χ1v) is 9.15. The van der Waals surface area contributed by atoms with Crippen LogP contribution in [-0.2, 0) is 19.7 Å². The van der Waals surface area contributed by atoms with Crippen molar-refractivity contribution in [2.24, 2.45) is 5.92 Å². The average Bonchev–Trinajstić information content (AvgIpc) is 3.02. The molecule has 1 saturated heterocycles. The van der Waals surface area contributed by atoms with Gasteiger partial charge in [-0.2, -0.15) is 0 Å². The highest BCUT2D eigenvalue weighted by molar-refractivity contribution is 5.75. The van der Waals surface area contributed by atoms with Crippen LogP contribution in [0.5, 0.6) is 0 Å². The summed E-state index contributed by atoms with van der Waals surface area (Å²) in [5, 5.41) is 9.66. The Morgan fingerprint density at radius 3 is 2.44 bits per heavy atom. The molecule has 0 unspecified atom stereocenters. The summed E-state index contributed by atoms with van der Waals surface area (Å²) in [6.45, 7) is 4.28. The van der Waals surface area contributed by atoms with Crippen molar-refractivity contribution in [3.8, 4) is 0 Å². The van der Waals surface area contributed by atoms with Crippen LogP contribution in [0, 0.1) is 5.92 Å². The quantitative estimate of drug-likeness (QED) is 0.776. The third kappa shape index (κ3) is 3.60. The van der Waals surface area contributed by atoms with Gasteiger partial charge in [0, 0.05) is 13.1 Å². The molecule has 0 radical (unpaired) electrons. The van der Waals surface area contributed by atoms with Crippen LogP contribution in [0.1, 0.15) is 24.2 Å². The van der Waals surface area contributed by atoms with Gasteiger partial charge in [-0.3, -0.25) is 4.90 Å². The molecule has 1 aliphatic rings. The summed E-state index contributed by atoms with van der Waals surface area (Å²) in [7, 11) is 0. The van der Waals surface area contributed by atoms with E-state index in [-0.39, 0.29) is 6.61 Å². The van der Waals surface area contributed by atoms with Gasteiger partial charge in [-0.25, -0.2) is 4.98 Å². The van der Waals surface area contributed by atoms with Crippen LogP contribution >= 0.6 is 0 Å². The van der Waals surface area contributed by atoms with Gasteiger partial charge in [-0.05, 0) is 49.5 Å². The second kappa shape index (κ2) is 7.38. The van der Waals surface area contributed by atoms with Crippen molar-refractivity contribution in [1.82, 2.24) is 14.5 Å². The Balaban J connectivity index is 1.40. The number of aromatic nitrogens is 2. The lowest BCUT2D eigenvalue weighted by Gasteiger charge is -2.32. The molecule has 1 N–H and O–H groups in total. The number of fused-ring (bicyclic) bond motifs is 1. The molecular formula is C21H25N3O. The zero-order chi connectivity index (χ0) is 17.1. The standard InChI is InChI=1S/C21H25N3O/c25-16-21-22-19-8-4-5-9-20(19)24(21)15-18-10-12-23(13-11-18)14-17-6-2-1-3-7-17/h1-9,18,25H,10-16H2. The van der Waals surface area contributed by atoms with Crippen molar-refractivity contribution in [1.29, 1.82) is 0 Å². The fourth-order valence-electron chi connectivity index (χ4n) is 3.88. The highest BCUT2D eigenvalue weighted by Gasteiger charge is 2.21. The third-order valence-electron chi connectivity index (χ3n) is 5.27. The minimum absolute atomic E-state index is 0.00152. The smallest absolute Gasteiger partial charge is 0.135 e. The van der Waals surface area contributed by atoms with E-state index in [1.54, 1.807) is 0 Å². The number of para-hydroxylation sites is 2. The molecule has 4 heteroatoms. The molecule has 0 atom stereocenters. The molecule has 4 rings (SSSR count). The zero-order valence-corrected chi connectivity index (χ0v) is 14.5. The summed E-state index contributed by atoms with van der Waals surface area (Å²) in [6.07, 6.45) is 2.40. The van der Waals surface area contributed by atoms with Crippen molar-refractivity contribution in [2.45, 2.75) is 32.5 Å². The number of aliphatic hydroxyl groups is 1. The minimum atomic E-state index is 0.00152. The highest BCUT2D eigenvalue weighted by Crippen LogP contribution is 2.24. The molecule has 0 bridgehead atoms. The Labute approximate surface area is 148 Å². The third-order valence-corrected chi connectivity index (χ3v) is 5.27. The molecule has 1 aromatic heterocycles. The normalized spacial score (nSPS) is 16.5. The summed E-state index contributed by atoms with van der Waals surface area (Å²) < 4.78 is 2.22. The van der Waals surface area contributed by atoms with Gasteiger partial charge < -0.3 is 9.67 Å². The maximum Gasteiger partial charge on any atom is 0.135 e. The lowest BCUT2D eigenvalue weighted by atomic mass is 9.96. The van der Waals surface area contributed by atoms with Gasteiger partial charge in [0.1, 0.15) is 12.4 Å². The molecule has 0 amide bonds. The maximum atomic E-state index is 9.66. The molecule has 130 valence electrons. The van der Waals surface area contributed by atoms with E-state index in [1.165, 1.54) is 18.4 Å². The number of nitrogens with zero attached hydrogens (tertiary/aromatic N) is 3. The number of aliphatic hydroxyl groups excluding tert-OH is 1. The molecule has 25 heavy (non-hydrogen) atoms. The van der Waals surface area contributed by atoms with E-state index >= 15 is 0 Å². The number of imidazole rings is 1. The number of benzene rings is 2. The second-order valence-electron chi connectivity index (χ2n) is 6.99. The maximum absolute atomic E-state index is 9.66. The fourth-order valence-corrected chi connectivity index (χ4v) is 3.88. The van der Waals surface area contributed by atoms with Crippen LogP contribution in [-0.4, -0.2) is 32.6 Å². The van der Waals surface area contributed by atoms with Gasteiger partial charge in [0.15, 0.2) is 0 Å². The molecule has 0 aliphatic carbocycles. The molecule has 1 fully saturated rings. The van der Waals surface area contributed by atoms with Crippen LogP contribution in [0.2, 0.25) is 0 Å². The van der Waals surface area contributed by atoms with Crippen molar-refractivity contribution < 1.29 is 5.11 Å². The Morgan fingerprint density at radius 2 is 1.68 bits per heavy atom. The van der Waals surface area contributed by atoms with E-state index in [4.69, 9.17) is 0 Å². The first kappa shape index (κ1) is 16.3. The van der Waals surface area contributed by atoms with Gasteiger partial charge in [0.25, 0.3) is 0 Å². The van der Waals surface area contributed by atoms with E-state index in [0.717, 1.165) is 43.0 Å². The SMILES string of the molecule is OCc1nc2ccccc2n1CC1CCN(Cc2ccccc2)CC1. The molecule has 4 nitrogen and oxygen atoms in total. The summed E-state index contributed by atoms with van der Waals surface area (Å²) in [5.41, 5.74) is 3.51. The molecule has 2 heterocycles. The molecule has 0 spiro atoms. The predicted molar refractivity (Wildman–Crippen MR) is 100 cm³/mol. The monoisotopic (exact) mass is 335 g/mol. The lowest BCUT2D eigenvalue weighted by molar-refractivity contribution is 0.165. The molecular weight excluding hydrogens is 310 g/mol. The van der Waals surface area contributed by atoms with Crippen LogP contribution in [0.25, 0.3) is 11.0 Å². The first-order valence-electron chi connectivity index (χ1n) is 9.15. The molecule has 3 aromatic rings. The van der Waals surface area contributed by atoms with Crippen LogP contribution in [0.3, 0.4) is 0 Å². The number of likely N-dealkylation sites (tertiary alicyclic amines) is 1. The molecule has 0 saturated carbocycles. The van der Waals surface area contributed by atoms with Crippen molar-refractivity contribution in [2.75, 3.05) is 13.1 Å². The second-order valence-corrected chi connectivity index (χ2v) is 6.99. The number of hydrogen-bond acceptors (Lipinski definition) is 3. The zero-order valence-electron chi connectivity index (χ0n) is 14.5. The van der Waals surface area contributed by atoms with Crippen molar-refractivity contribution in [3.63, 3.8) is 0 Å². The van der Waals surface area contributed by atoms with E-state index in [2.05, 4.69) is 50.8 Å². The highest BCUT2D eigenvalue weighted by atomic mass is 16.3. The van der Waals surface area contributed by atoms with Crippen molar-refractivity contribution in [3.05, 3.63) is 66.0 Å². The Kier molecular flexibility index (Phi) is 4.81. The lowest BCUT2D eigenvalue weighted by Crippen LogP contribution is -2.34. The van der Waals surface area contributed by atoms with E-state index in [1.807, 2.05) is 18.2 Å². The molecule has 2 aromatic carbocycles. The van der Waals surface area contributed by atoms with E-state index in [0.29, 0.717) is 5.92 Å². The summed E-state index contributed by atoms with van der Waals surface area (Å²) in [4.78, 5) is 7.12. The predicted octanol–water partition coefficient (Wildman–Crippen LogP) is 3.44. The average molecular weight is 335 g/mol.